The van der Waals surface area contributed by atoms with Crippen molar-refractivity contribution in [2.75, 3.05) is 17.6 Å². The number of phenolic OH excluding ortho intramolecular Hbond substituents is 1. The molecule has 6 heteroatoms. The average Bonchev–Trinajstić information content (AvgIpc) is 3.17. The summed E-state index contributed by atoms with van der Waals surface area (Å²) in [7, 11) is 0. The number of hydrogen-bond acceptors (Lipinski definition) is 6. The molecule has 0 bridgehead atoms. The number of nitrogens with one attached hydrogen (secondary N) is 1. The maximum Gasteiger partial charge on any atom is 0.227 e. The normalized spacial score (nSPS) is 13.5. The topological polar surface area (TPSA) is 70.4 Å². The predicted molar refractivity (Wildman–Crippen MR) is 103 cm³/mol. The zero-order valence-electron chi connectivity index (χ0n) is 13.4. The lowest BCUT2D eigenvalue weighted by Gasteiger charge is -2.09. The highest BCUT2D eigenvalue weighted by molar-refractivity contribution is 8.14. The van der Waals surface area contributed by atoms with Gasteiger partial charge in [-0.25, -0.2) is 9.97 Å². The van der Waals surface area contributed by atoms with Crippen molar-refractivity contribution in [1.82, 2.24) is 9.97 Å². The van der Waals surface area contributed by atoms with Crippen LogP contribution in [0.4, 0.5) is 11.6 Å². The van der Waals surface area contributed by atoms with Crippen molar-refractivity contribution in [1.29, 1.82) is 0 Å². The van der Waals surface area contributed by atoms with E-state index in [4.69, 9.17) is 0 Å². The van der Waals surface area contributed by atoms with Crippen LogP contribution in [0.2, 0.25) is 0 Å². The maximum absolute atomic E-state index is 9.66. The standard InChI is InChI=1S/C19H16N4OS/c24-16-6-2-4-14(12-16)13-3-1-5-15(11-13)22-19-21-8-7-17(23-19)18-20-9-10-25-18/h1-8,11-12,24H,9-10H2,(H,21,22,23). The van der Waals surface area contributed by atoms with E-state index in [1.165, 1.54) is 0 Å². The van der Waals surface area contributed by atoms with Crippen LogP contribution in [0.3, 0.4) is 0 Å². The molecule has 1 aromatic heterocycles. The molecular formula is C19H16N4OS. The Balaban J connectivity index is 1.59. The minimum Gasteiger partial charge on any atom is -0.508 e. The van der Waals surface area contributed by atoms with Crippen LogP contribution >= 0.6 is 11.8 Å². The van der Waals surface area contributed by atoms with Crippen LogP contribution in [0.1, 0.15) is 5.69 Å². The Morgan fingerprint density at radius 2 is 1.84 bits per heavy atom. The minimum absolute atomic E-state index is 0.252. The Kier molecular flexibility index (Phi) is 4.35. The van der Waals surface area contributed by atoms with Crippen molar-refractivity contribution >= 4 is 28.4 Å². The molecule has 0 radical (unpaired) electrons. The average molecular weight is 348 g/mol. The fraction of sp³-hybridized carbons (Fsp3) is 0.105. The molecule has 0 unspecified atom stereocenters. The first-order valence-corrected chi connectivity index (χ1v) is 8.94. The minimum atomic E-state index is 0.252. The van der Waals surface area contributed by atoms with Crippen LogP contribution in [-0.2, 0) is 0 Å². The van der Waals surface area contributed by atoms with Gasteiger partial charge in [0.05, 0.1) is 0 Å². The van der Waals surface area contributed by atoms with E-state index in [2.05, 4.69) is 20.3 Å². The van der Waals surface area contributed by atoms with E-state index < -0.39 is 0 Å². The third-order valence-electron chi connectivity index (χ3n) is 3.76. The number of rotatable bonds is 4. The van der Waals surface area contributed by atoms with Gasteiger partial charge in [0.15, 0.2) is 0 Å². The first-order valence-electron chi connectivity index (χ1n) is 7.95. The molecule has 0 amide bonds. The Morgan fingerprint density at radius 1 is 1.00 bits per heavy atom. The molecule has 0 fully saturated rings. The smallest absolute Gasteiger partial charge is 0.227 e. The molecule has 0 saturated heterocycles. The highest BCUT2D eigenvalue weighted by Gasteiger charge is 2.12. The van der Waals surface area contributed by atoms with Crippen molar-refractivity contribution in [2.45, 2.75) is 0 Å². The van der Waals surface area contributed by atoms with E-state index in [0.717, 1.165) is 39.8 Å². The molecule has 0 aliphatic carbocycles. The molecule has 124 valence electrons. The summed E-state index contributed by atoms with van der Waals surface area (Å²) in [6, 6.07) is 17.0. The maximum atomic E-state index is 9.66. The number of aromatic hydroxyl groups is 1. The van der Waals surface area contributed by atoms with E-state index >= 15 is 0 Å². The van der Waals surface area contributed by atoms with E-state index in [1.54, 1.807) is 30.1 Å². The van der Waals surface area contributed by atoms with Crippen LogP contribution in [0.15, 0.2) is 65.8 Å². The largest absolute Gasteiger partial charge is 0.508 e. The van der Waals surface area contributed by atoms with Gasteiger partial charge in [-0.3, -0.25) is 4.99 Å². The summed E-state index contributed by atoms with van der Waals surface area (Å²) >= 11 is 1.72. The van der Waals surface area contributed by atoms with Crippen molar-refractivity contribution in [3.8, 4) is 16.9 Å². The van der Waals surface area contributed by atoms with E-state index in [9.17, 15) is 5.11 Å². The van der Waals surface area contributed by atoms with E-state index in [-0.39, 0.29) is 5.75 Å². The van der Waals surface area contributed by atoms with Gasteiger partial charge in [-0.15, -0.1) is 11.8 Å². The summed E-state index contributed by atoms with van der Waals surface area (Å²) in [5.41, 5.74) is 3.70. The van der Waals surface area contributed by atoms with Gasteiger partial charge < -0.3 is 10.4 Å². The second-order valence-corrected chi connectivity index (χ2v) is 6.64. The number of benzene rings is 2. The highest BCUT2D eigenvalue weighted by Crippen LogP contribution is 2.26. The van der Waals surface area contributed by atoms with Gasteiger partial charge in [0.2, 0.25) is 5.95 Å². The molecule has 0 spiro atoms. The number of aliphatic imine (C=N–C) groups is 1. The number of hydrogen-bond donors (Lipinski definition) is 2. The number of thioether (sulfide) groups is 1. The molecule has 1 aliphatic heterocycles. The third kappa shape index (κ3) is 3.64. The highest BCUT2D eigenvalue weighted by atomic mass is 32.2. The summed E-state index contributed by atoms with van der Waals surface area (Å²) in [6.45, 7) is 0.846. The van der Waals surface area contributed by atoms with Crippen molar-refractivity contribution in [2.24, 2.45) is 4.99 Å². The Labute approximate surface area is 149 Å². The first-order chi connectivity index (χ1) is 12.3. The molecule has 5 nitrogen and oxygen atoms in total. The lowest BCUT2D eigenvalue weighted by atomic mass is 10.0. The second-order valence-electron chi connectivity index (χ2n) is 5.56. The molecule has 3 aromatic rings. The molecule has 2 heterocycles. The Bertz CT molecular complexity index is 942. The van der Waals surface area contributed by atoms with E-state index in [0.29, 0.717) is 5.95 Å². The van der Waals surface area contributed by atoms with Gasteiger partial charge in [-0.2, -0.15) is 0 Å². The van der Waals surface area contributed by atoms with Gasteiger partial charge in [0, 0.05) is 24.2 Å². The first kappa shape index (κ1) is 15.7. The third-order valence-corrected chi connectivity index (χ3v) is 4.76. The molecule has 4 rings (SSSR count). The summed E-state index contributed by atoms with van der Waals surface area (Å²) in [5, 5.41) is 13.9. The zero-order valence-corrected chi connectivity index (χ0v) is 14.2. The molecular weight excluding hydrogens is 332 g/mol. The van der Waals surface area contributed by atoms with Crippen LogP contribution in [0, 0.1) is 0 Å². The fourth-order valence-electron chi connectivity index (χ4n) is 2.62. The fourth-order valence-corrected chi connectivity index (χ4v) is 3.44. The van der Waals surface area contributed by atoms with Gasteiger partial charge in [-0.1, -0.05) is 24.3 Å². The molecule has 25 heavy (non-hydrogen) atoms. The lowest BCUT2D eigenvalue weighted by molar-refractivity contribution is 0.475. The van der Waals surface area contributed by atoms with Crippen LogP contribution in [-0.4, -0.2) is 32.4 Å². The zero-order chi connectivity index (χ0) is 17.1. The molecule has 2 N–H and O–H groups in total. The second kappa shape index (κ2) is 6.94. The summed E-state index contributed by atoms with van der Waals surface area (Å²) < 4.78 is 0. The van der Waals surface area contributed by atoms with Gasteiger partial charge in [0.1, 0.15) is 16.5 Å². The number of phenols is 1. The SMILES string of the molecule is Oc1cccc(-c2cccc(Nc3nccc(C4=NCCS4)n3)c2)c1. The van der Waals surface area contributed by atoms with E-state index in [1.807, 2.05) is 42.5 Å². The van der Waals surface area contributed by atoms with Crippen LogP contribution in [0.5, 0.6) is 5.75 Å². The van der Waals surface area contributed by atoms with Crippen molar-refractivity contribution < 1.29 is 5.11 Å². The summed E-state index contributed by atoms with van der Waals surface area (Å²) in [6.07, 6.45) is 1.74. The Morgan fingerprint density at radius 3 is 2.64 bits per heavy atom. The van der Waals surface area contributed by atoms with Gasteiger partial charge in [-0.05, 0) is 41.5 Å². The van der Waals surface area contributed by atoms with Crippen LogP contribution in [0.25, 0.3) is 11.1 Å². The van der Waals surface area contributed by atoms with Gasteiger partial charge >= 0.3 is 0 Å². The lowest BCUT2D eigenvalue weighted by Crippen LogP contribution is -2.02. The quantitative estimate of drug-likeness (QED) is 0.743. The molecule has 0 atom stereocenters. The predicted octanol–water partition coefficient (Wildman–Crippen LogP) is 4.09. The number of aromatic nitrogens is 2. The van der Waals surface area contributed by atoms with Crippen molar-refractivity contribution in [3.63, 3.8) is 0 Å². The summed E-state index contributed by atoms with van der Waals surface area (Å²) in [4.78, 5) is 13.3. The number of nitrogens with zero attached hydrogens (tertiary/aromatic N) is 3. The Hall–Kier alpha value is -2.86. The summed E-state index contributed by atoms with van der Waals surface area (Å²) in [5.74, 6) is 1.80. The van der Waals surface area contributed by atoms with Crippen LogP contribution < -0.4 is 5.32 Å². The van der Waals surface area contributed by atoms with Gasteiger partial charge in [0.25, 0.3) is 0 Å². The number of anilines is 2. The van der Waals surface area contributed by atoms with Crippen molar-refractivity contribution in [3.05, 3.63) is 66.5 Å². The molecule has 1 aliphatic rings. The monoisotopic (exact) mass is 348 g/mol. The molecule has 0 saturated carbocycles. The molecule has 2 aromatic carbocycles.